The topological polar surface area (TPSA) is 67.8 Å². The Morgan fingerprint density at radius 3 is 1.78 bits per heavy atom. The number of aliphatic carboxylic acids is 1. The molecule has 2 N–H and O–H groups in total. The number of nitrogens with one attached hydrogen (secondary N) is 1. The molecule has 3 aliphatic rings. The standard InChI is InChI=1S/C20H36O4.C12H23N/c1-2-3-4-9-12-15-20(23-17-18-24-20)16-13-10-7-5-6-8-11-14-19(21)22;1-3-7-11(8-4-1)13-12-9-5-2-6-10-12/h8,11H,2-7,9-10,12-18H2,1H3,(H,21,22);11-13H,1-10H2/b11-8+;. The van der Waals surface area contributed by atoms with Crippen LogP contribution in [0.25, 0.3) is 0 Å². The van der Waals surface area contributed by atoms with Gasteiger partial charge in [0.1, 0.15) is 0 Å². The van der Waals surface area contributed by atoms with Gasteiger partial charge in [0.05, 0.1) is 19.6 Å². The summed E-state index contributed by atoms with van der Waals surface area (Å²) in [4.78, 5) is 10.4. The molecule has 0 atom stereocenters. The van der Waals surface area contributed by atoms with Gasteiger partial charge in [-0.05, 0) is 51.4 Å². The molecule has 2 aliphatic carbocycles. The van der Waals surface area contributed by atoms with Gasteiger partial charge in [0.25, 0.3) is 0 Å². The van der Waals surface area contributed by atoms with E-state index in [1.807, 2.05) is 6.08 Å². The zero-order chi connectivity index (χ0) is 26.4. The van der Waals surface area contributed by atoms with Crippen LogP contribution < -0.4 is 5.32 Å². The highest BCUT2D eigenvalue weighted by molar-refractivity contribution is 5.68. The quantitative estimate of drug-likeness (QED) is 0.148. The van der Waals surface area contributed by atoms with E-state index >= 15 is 0 Å². The molecule has 0 unspecified atom stereocenters. The van der Waals surface area contributed by atoms with Crippen molar-refractivity contribution >= 4 is 5.97 Å². The van der Waals surface area contributed by atoms with Gasteiger partial charge >= 0.3 is 5.97 Å². The fourth-order valence-electron chi connectivity index (χ4n) is 6.09. The Kier molecular flexibility index (Phi) is 18.3. The Balaban J connectivity index is 0.000000308. The third-order valence-electron chi connectivity index (χ3n) is 8.29. The van der Waals surface area contributed by atoms with Crippen LogP contribution in [0.2, 0.25) is 0 Å². The maximum absolute atomic E-state index is 10.4. The highest BCUT2D eigenvalue weighted by Crippen LogP contribution is 2.32. The van der Waals surface area contributed by atoms with Crippen LogP contribution in [-0.2, 0) is 14.3 Å². The number of hydrogen-bond donors (Lipinski definition) is 2. The maximum atomic E-state index is 10.4. The first-order valence-corrected chi connectivity index (χ1v) is 16.0. The van der Waals surface area contributed by atoms with Crippen molar-refractivity contribution in [3.05, 3.63) is 12.2 Å². The number of hydrogen-bond acceptors (Lipinski definition) is 4. The summed E-state index contributed by atoms with van der Waals surface area (Å²) in [5, 5.41) is 12.4. The van der Waals surface area contributed by atoms with Gasteiger partial charge in [-0.2, -0.15) is 0 Å². The van der Waals surface area contributed by atoms with Crippen LogP contribution in [0.4, 0.5) is 0 Å². The molecule has 3 fully saturated rings. The van der Waals surface area contributed by atoms with Gasteiger partial charge in [0.2, 0.25) is 0 Å². The molecule has 1 aliphatic heterocycles. The van der Waals surface area contributed by atoms with E-state index in [0.717, 1.165) is 57.4 Å². The third kappa shape index (κ3) is 15.9. The number of allylic oxidation sites excluding steroid dienone is 1. The molecule has 2 saturated carbocycles. The number of unbranched alkanes of at least 4 members (excludes halogenated alkanes) is 8. The molecule has 3 rings (SSSR count). The molecule has 5 heteroatoms. The summed E-state index contributed by atoms with van der Waals surface area (Å²) >= 11 is 0. The number of carboxylic acid groups (broad SMARTS) is 1. The van der Waals surface area contributed by atoms with Gasteiger partial charge in [-0.25, -0.2) is 0 Å². The first-order chi connectivity index (χ1) is 18.1. The zero-order valence-electron chi connectivity index (χ0n) is 24.2. The Labute approximate surface area is 228 Å². The van der Waals surface area contributed by atoms with Crippen LogP contribution in [-0.4, -0.2) is 42.2 Å². The van der Waals surface area contributed by atoms with Crippen LogP contribution in [0.3, 0.4) is 0 Å². The summed E-state index contributed by atoms with van der Waals surface area (Å²) in [6.45, 7) is 3.72. The first-order valence-electron chi connectivity index (χ1n) is 16.0. The lowest BCUT2D eigenvalue weighted by Crippen LogP contribution is -2.40. The van der Waals surface area contributed by atoms with E-state index in [0.29, 0.717) is 0 Å². The first kappa shape index (κ1) is 32.3. The van der Waals surface area contributed by atoms with E-state index < -0.39 is 5.97 Å². The molecule has 216 valence electrons. The summed E-state index contributed by atoms with van der Waals surface area (Å²) < 4.78 is 11.9. The Bertz CT molecular complexity index is 559. The van der Waals surface area contributed by atoms with E-state index in [1.165, 1.54) is 109 Å². The second-order valence-corrected chi connectivity index (χ2v) is 11.6. The minimum atomic E-state index is -0.761. The lowest BCUT2D eigenvalue weighted by Gasteiger charge is -2.30. The van der Waals surface area contributed by atoms with Crippen LogP contribution in [0.15, 0.2) is 12.2 Å². The second-order valence-electron chi connectivity index (χ2n) is 11.6. The van der Waals surface area contributed by atoms with Gasteiger partial charge in [-0.1, -0.05) is 96.1 Å². The molecule has 0 bridgehead atoms. The lowest BCUT2D eigenvalue weighted by atomic mass is 9.91. The predicted octanol–water partition coefficient (Wildman–Crippen LogP) is 8.70. The summed E-state index contributed by atoms with van der Waals surface area (Å²) in [6.07, 6.45) is 32.5. The highest BCUT2D eigenvalue weighted by Gasteiger charge is 2.35. The van der Waals surface area contributed by atoms with E-state index in [2.05, 4.69) is 12.2 Å². The van der Waals surface area contributed by atoms with Gasteiger partial charge < -0.3 is 19.9 Å². The van der Waals surface area contributed by atoms with Crippen molar-refractivity contribution in [1.29, 1.82) is 0 Å². The molecule has 5 nitrogen and oxygen atoms in total. The van der Waals surface area contributed by atoms with E-state index in [9.17, 15) is 4.79 Å². The van der Waals surface area contributed by atoms with E-state index in [4.69, 9.17) is 14.6 Å². The number of carbonyl (C=O) groups is 1. The largest absolute Gasteiger partial charge is 0.481 e. The molecule has 0 aromatic carbocycles. The average Bonchev–Trinajstić information content (AvgIpc) is 3.38. The Hall–Kier alpha value is -0.910. The maximum Gasteiger partial charge on any atom is 0.307 e. The van der Waals surface area contributed by atoms with Crippen molar-refractivity contribution in [2.45, 2.75) is 172 Å². The normalized spacial score (nSPS) is 20.7. The second kappa shape index (κ2) is 21.0. The fraction of sp³-hybridized carbons (Fsp3) is 0.906. The molecule has 1 heterocycles. The number of carboxylic acids is 1. The summed E-state index contributed by atoms with van der Waals surface area (Å²) in [5.74, 6) is -1.06. The molecular weight excluding hydrogens is 462 g/mol. The molecule has 0 amide bonds. The zero-order valence-corrected chi connectivity index (χ0v) is 24.2. The van der Waals surface area contributed by atoms with Crippen molar-refractivity contribution in [3.63, 3.8) is 0 Å². The minimum absolute atomic E-state index is 0.134. The Morgan fingerprint density at radius 2 is 1.27 bits per heavy atom. The monoisotopic (exact) mass is 521 g/mol. The van der Waals surface area contributed by atoms with Gasteiger partial charge in [-0.3, -0.25) is 4.79 Å². The van der Waals surface area contributed by atoms with E-state index in [1.54, 1.807) is 6.08 Å². The molecule has 0 aromatic rings. The van der Waals surface area contributed by atoms with Crippen LogP contribution in [0, 0.1) is 0 Å². The van der Waals surface area contributed by atoms with Crippen LogP contribution >= 0.6 is 0 Å². The molecular formula is C32H59NO4. The molecule has 0 radical (unpaired) electrons. The van der Waals surface area contributed by atoms with Crippen LogP contribution in [0.5, 0.6) is 0 Å². The predicted molar refractivity (Wildman–Crippen MR) is 154 cm³/mol. The number of ether oxygens (including phenoxy) is 2. The van der Waals surface area contributed by atoms with Crippen molar-refractivity contribution < 1.29 is 19.4 Å². The van der Waals surface area contributed by atoms with Crippen molar-refractivity contribution in [1.82, 2.24) is 5.32 Å². The Morgan fingerprint density at radius 1 is 0.757 bits per heavy atom. The average molecular weight is 522 g/mol. The van der Waals surface area contributed by atoms with Gasteiger partial charge in [0, 0.05) is 24.9 Å². The van der Waals surface area contributed by atoms with Crippen molar-refractivity contribution in [2.75, 3.05) is 13.2 Å². The third-order valence-corrected chi connectivity index (χ3v) is 8.29. The van der Waals surface area contributed by atoms with Crippen molar-refractivity contribution in [2.24, 2.45) is 0 Å². The van der Waals surface area contributed by atoms with Crippen molar-refractivity contribution in [3.8, 4) is 0 Å². The van der Waals surface area contributed by atoms with E-state index in [-0.39, 0.29) is 12.2 Å². The van der Waals surface area contributed by atoms with Crippen LogP contribution in [0.1, 0.15) is 155 Å². The molecule has 0 spiro atoms. The molecule has 37 heavy (non-hydrogen) atoms. The fourth-order valence-corrected chi connectivity index (χ4v) is 6.09. The van der Waals surface area contributed by atoms with Gasteiger partial charge in [-0.15, -0.1) is 0 Å². The summed E-state index contributed by atoms with van der Waals surface area (Å²) in [5.41, 5.74) is 0. The highest BCUT2D eigenvalue weighted by atomic mass is 16.7. The molecule has 0 aromatic heterocycles. The molecule has 1 saturated heterocycles. The number of rotatable bonds is 17. The van der Waals surface area contributed by atoms with Gasteiger partial charge in [0.15, 0.2) is 5.79 Å². The summed E-state index contributed by atoms with van der Waals surface area (Å²) in [7, 11) is 0. The summed E-state index contributed by atoms with van der Waals surface area (Å²) in [6, 6.07) is 1.74. The smallest absolute Gasteiger partial charge is 0.307 e. The minimum Gasteiger partial charge on any atom is -0.481 e. The lowest BCUT2D eigenvalue weighted by molar-refractivity contribution is -0.168. The SMILES string of the molecule is C1CCC(NC2CCCCC2)CC1.CCCCCCCC1(CCCCCC/C=C/CC(=O)O)OCCO1.